The maximum atomic E-state index is 8.55. The third-order valence-electron chi connectivity index (χ3n) is 0. The van der Waals surface area contributed by atoms with Gasteiger partial charge >= 0.3 is 55.8 Å². The Labute approximate surface area is 82.0 Å². The van der Waals surface area contributed by atoms with E-state index < -0.39 is 7.82 Å². The normalized spacial score (nSPS) is 8.43. The van der Waals surface area contributed by atoms with Crippen LogP contribution in [-0.4, -0.2) is 29.6 Å². The molecule has 0 fully saturated rings. The first kappa shape index (κ1) is 16.0. The molecular weight excluding hydrogens is 209 g/mol. The molecule has 0 aromatic heterocycles. The van der Waals surface area contributed by atoms with Crippen LogP contribution in [0.3, 0.4) is 0 Å². The van der Waals surface area contributed by atoms with E-state index in [0.29, 0.717) is 0 Å². The third kappa shape index (κ3) is 72.3. The van der Waals surface area contributed by atoms with Gasteiger partial charge < -0.3 is 19.2 Å². The van der Waals surface area contributed by atoms with Gasteiger partial charge in [-0.25, -0.2) is 0 Å². The second-order valence-corrected chi connectivity index (χ2v) is 1.34. The van der Waals surface area contributed by atoms with Gasteiger partial charge in [0.05, 0.1) is 0 Å². The van der Waals surface area contributed by atoms with Crippen LogP contribution in [0, 0.1) is 0 Å². The minimum absolute atomic E-state index is 0. The van der Waals surface area contributed by atoms with E-state index in [2.05, 4.69) is 0 Å². The van der Waals surface area contributed by atoms with Gasteiger partial charge in [0.25, 0.3) is 0 Å². The molecule has 0 bridgehead atoms. The van der Waals surface area contributed by atoms with E-state index >= 15 is 0 Å². The molecule has 0 aliphatic heterocycles. The quantitative estimate of drug-likeness (QED) is 0.307. The van der Waals surface area contributed by atoms with Crippen LogP contribution in [-0.2, 0) is 30.8 Å². The fourth-order valence-electron chi connectivity index (χ4n) is 0. The maximum absolute atomic E-state index is 8.55. The minimum Gasteiger partial charge on any atom is 3.00 e. The Kier molecular flexibility index (Phi) is 14.0. The largest absolute Gasteiger partial charge is 3.00 e. The van der Waals surface area contributed by atoms with Gasteiger partial charge in [0.2, 0.25) is 0 Å². The van der Waals surface area contributed by atoms with Crippen molar-refractivity contribution in [3.63, 3.8) is 0 Å². The zero-order chi connectivity index (χ0) is 4.50. The van der Waals surface area contributed by atoms with E-state index in [0.717, 1.165) is 0 Å². The van der Waals surface area contributed by atoms with Crippen LogP contribution in [0.1, 0.15) is 0 Å². The van der Waals surface area contributed by atoms with E-state index in [1.54, 1.807) is 0 Å². The zero-order valence-corrected chi connectivity index (χ0v) is 5.93. The SMILES string of the molecule is O=P([O-])([O-])[O-].[NaH].[Zr+3]. The van der Waals surface area contributed by atoms with Crippen molar-refractivity contribution in [1.29, 1.82) is 0 Å². The first-order chi connectivity index (χ1) is 2.00. The molecule has 0 aliphatic carbocycles. The minimum atomic E-state index is -5.39. The maximum Gasteiger partial charge on any atom is 3.00 e. The number of hydrogen-bond acceptors (Lipinski definition) is 4. The molecule has 0 spiro atoms. The molecule has 0 N–H and O–H groups in total. The summed E-state index contributed by atoms with van der Waals surface area (Å²) in [6.07, 6.45) is 0. The van der Waals surface area contributed by atoms with Gasteiger partial charge in [0.1, 0.15) is 0 Å². The van der Waals surface area contributed by atoms with Crippen molar-refractivity contribution in [2.24, 2.45) is 0 Å². The Bertz CT molecular complexity index is 57.8. The van der Waals surface area contributed by atoms with Crippen LogP contribution < -0.4 is 14.7 Å². The second-order valence-electron chi connectivity index (χ2n) is 0.447. The zero-order valence-electron chi connectivity index (χ0n) is 2.58. The van der Waals surface area contributed by atoms with Crippen LogP contribution in [0.25, 0.3) is 0 Å². The third-order valence-corrected chi connectivity index (χ3v) is 0. The summed E-state index contributed by atoms with van der Waals surface area (Å²) in [5.74, 6) is 0. The topological polar surface area (TPSA) is 86.2 Å². The molecule has 7 heteroatoms. The molecule has 0 aliphatic rings. The molecular formula is HNaO4PZr. The van der Waals surface area contributed by atoms with Gasteiger partial charge in [-0.1, -0.05) is 0 Å². The molecule has 0 heterocycles. The number of rotatable bonds is 0. The molecule has 0 saturated carbocycles. The van der Waals surface area contributed by atoms with E-state index in [1.807, 2.05) is 0 Å². The van der Waals surface area contributed by atoms with Crippen molar-refractivity contribution in [2.45, 2.75) is 0 Å². The average Bonchev–Trinajstić information content (AvgIpc) is 0.722. The van der Waals surface area contributed by atoms with E-state index in [4.69, 9.17) is 19.2 Å². The summed E-state index contributed by atoms with van der Waals surface area (Å²) in [7, 11) is -5.39. The van der Waals surface area contributed by atoms with Crippen molar-refractivity contribution in [3.8, 4) is 0 Å². The van der Waals surface area contributed by atoms with E-state index in [1.165, 1.54) is 0 Å². The van der Waals surface area contributed by atoms with Crippen molar-refractivity contribution >= 4 is 37.4 Å². The van der Waals surface area contributed by atoms with Gasteiger partial charge in [-0.3, -0.25) is 0 Å². The van der Waals surface area contributed by atoms with Crippen molar-refractivity contribution < 1.29 is 45.4 Å². The fourth-order valence-corrected chi connectivity index (χ4v) is 0. The van der Waals surface area contributed by atoms with Gasteiger partial charge in [-0.2, -0.15) is 7.82 Å². The Morgan fingerprint density at radius 1 is 1.14 bits per heavy atom. The van der Waals surface area contributed by atoms with Crippen molar-refractivity contribution in [3.05, 3.63) is 0 Å². The standard InChI is InChI=1S/Na.H3O4P.Zr.H/c;1-5(2,3)4;;/h;(H3,1,2,3,4);;/q;;+3;/p-3. The van der Waals surface area contributed by atoms with Crippen LogP contribution in [0.2, 0.25) is 0 Å². The Balaban J connectivity index is -0.0000000800. The van der Waals surface area contributed by atoms with Crippen molar-refractivity contribution in [2.75, 3.05) is 0 Å². The van der Waals surface area contributed by atoms with Gasteiger partial charge in [0.15, 0.2) is 0 Å². The summed E-state index contributed by atoms with van der Waals surface area (Å²) in [6, 6.07) is 0. The van der Waals surface area contributed by atoms with E-state index in [9.17, 15) is 0 Å². The van der Waals surface area contributed by atoms with Crippen LogP contribution in [0.15, 0.2) is 0 Å². The molecule has 0 atom stereocenters. The predicted octanol–water partition coefficient (Wildman–Crippen LogP) is -3.48. The second kappa shape index (κ2) is 6.12. The summed E-state index contributed by atoms with van der Waals surface area (Å²) >= 11 is 0. The summed E-state index contributed by atoms with van der Waals surface area (Å²) in [5.41, 5.74) is 0. The van der Waals surface area contributed by atoms with Crippen LogP contribution >= 0.6 is 7.82 Å². The molecule has 0 aromatic rings. The fraction of sp³-hybridized carbons (Fsp3) is 0. The molecule has 1 radical (unpaired) electrons. The first-order valence-corrected chi connectivity index (χ1v) is 2.19. The average molecular weight is 210 g/mol. The van der Waals surface area contributed by atoms with Gasteiger partial charge in [-0.05, 0) is 0 Å². The smallest absolute Gasteiger partial charge is 3.00 e. The Morgan fingerprint density at radius 3 is 1.14 bits per heavy atom. The molecule has 4 nitrogen and oxygen atoms in total. The summed E-state index contributed by atoms with van der Waals surface area (Å²) in [4.78, 5) is 25.6. The summed E-state index contributed by atoms with van der Waals surface area (Å²) < 4.78 is 8.55. The van der Waals surface area contributed by atoms with Crippen LogP contribution in [0.4, 0.5) is 0 Å². The Morgan fingerprint density at radius 2 is 1.14 bits per heavy atom. The van der Waals surface area contributed by atoms with Crippen LogP contribution in [0.5, 0.6) is 0 Å². The molecule has 0 rings (SSSR count). The molecule has 35 valence electrons. The van der Waals surface area contributed by atoms with Gasteiger partial charge in [-0.15, -0.1) is 0 Å². The monoisotopic (exact) mass is 209 g/mol. The molecule has 7 heavy (non-hydrogen) atoms. The summed E-state index contributed by atoms with van der Waals surface area (Å²) in [5, 5.41) is 0. The summed E-state index contributed by atoms with van der Waals surface area (Å²) in [6.45, 7) is 0. The predicted molar refractivity (Wildman–Crippen MR) is 14.8 cm³/mol. The number of hydrogen-bond donors (Lipinski definition) is 0. The molecule has 0 aromatic carbocycles. The number of phosphoric acid groups is 1. The van der Waals surface area contributed by atoms with E-state index in [-0.39, 0.29) is 55.8 Å². The molecule has 0 unspecified atom stereocenters. The van der Waals surface area contributed by atoms with Gasteiger partial charge in [0, 0.05) is 0 Å². The Hall–Kier alpha value is 1.99. The van der Waals surface area contributed by atoms with Crippen molar-refractivity contribution in [1.82, 2.24) is 0 Å². The first-order valence-electron chi connectivity index (χ1n) is 0.730. The molecule has 0 amide bonds. The molecule has 0 saturated heterocycles.